The fraction of sp³-hybridized carbons (Fsp3) is 0.429. The molecule has 0 bridgehead atoms. The largest absolute Gasteiger partial charge is 0.297 e. The number of hydrogen-bond acceptors (Lipinski definition) is 1. The minimum absolute atomic E-state index is 0. The van der Waals surface area contributed by atoms with Crippen LogP contribution in [0.4, 0.5) is 0 Å². The van der Waals surface area contributed by atoms with Crippen molar-refractivity contribution in [3.05, 3.63) is 48.6 Å². The van der Waals surface area contributed by atoms with Crippen molar-refractivity contribution in [3.8, 4) is 0 Å². The molecule has 0 amide bonds. The molecule has 0 spiro atoms. The van der Waals surface area contributed by atoms with Crippen LogP contribution >= 0.6 is 12.4 Å². The van der Waals surface area contributed by atoms with Crippen molar-refractivity contribution < 1.29 is 0 Å². The summed E-state index contributed by atoms with van der Waals surface area (Å²) in [5, 5.41) is 0. The summed E-state index contributed by atoms with van der Waals surface area (Å²) in [5.41, 5.74) is 1.41. The first-order chi connectivity index (χ1) is 7.40. The van der Waals surface area contributed by atoms with Gasteiger partial charge >= 0.3 is 0 Å². The first kappa shape index (κ1) is 13.3. The number of likely N-dealkylation sites (tertiary alicyclic amines) is 1. The average molecular weight is 238 g/mol. The van der Waals surface area contributed by atoms with Crippen molar-refractivity contribution in [2.75, 3.05) is 13.1 Å². The lowest BCUT2D eigenvalue weighted by Gasteiger charge is -2.24. The Balaban J connectivity index is 0.00000128. The zero-order valence-corrected chi connectivity index (χ0v) is 10.5. The monoisotopic (exact) mass is 237 g/mol. The van der Waals surface area contributed by atoms with Gasteiger partial charge in [0, 0.05) is 6.04 Å². The van der Waals surface area contributed by atoms with Crippen LogP contribution in [0.2, 0.25) is 0 Å². The molecule has 2 rings (SSSR count). The van der Waals surface area contributed by atoms with Gasteiger partial charge in [0.1, 0.15) is 0 Å². The Morgan fingerprint density at radius 3 is 2.38 bits per heavy atom. The van der Waals surface area contributed by atoms with Gasteiger partial charge in [-0.15, -0.1) is 19.0 Å². The normalized spacial score (nSPS) is 17.8. The Kier molecular flexibility index (Phi) is 5.58. The summed E-state index contributed by atoms with van der Waals surface area (Å²) in [6.07, 6.45) is 5.89. The second kappa shape index (κ2) is 6.72. The number of rotatable bonds is 4. The molecule has 1 unspecified atom stereocenters. The number of hydrogen-bond donors (Lipinski definition) is 0. The summed E-state index contributed by atoms with van der Waals surface area (Å²) in [6, 6.07) is 11.2. The van der Waals surface area contributed by atoms with Gasteiger partial charge in [0.2, 0.25) is 0 Å². The molecule has 1 aliphatic rings. The maximum absolute atomic E-state index is 3.96. The van der Waals surface area contributed by atoms with Gasteiger partial charge < -0.3 is 0 Å². The van der Waals surface area contributed by atoms with E-state index < -0.39 is 0 Å². The van der Waals surface area contributed by atoms with E-state index in [4.69, 9.17) is 0 Å². The zero-order chi connectivity index (χ0) is 10.5. The molecule has 88 valence electrons. The molecule has 0 aliphatic carbocycles. The number of nitrogens with zero attached hydrogens (tertiary/aromatic N) is 1. The van der Waals surface area contributed by atoms with Crippen LogP contribution in [0.5, 0.6) is 0 Å². The van der Waals surface area contributed by atoms with Gasteiger partial charge in [-0.25, -0.2) is 0 Å². The molecule has 16 heavy (non-hydrogen) atoms. The first-order valence-corrected chi connectivity index (χ1v) is 5.80. The third-order valence-corrected chi connectivity index (χ3v) is 3.17. The molecule has 0 N–H and O–H groups in total. The van der Waals surface area contributed by atoms with Crippen molar-refractivity contribution in [1.29, 1.82) is 0 Å². The molecular formula is C14H20ClN. The average Bonchev–Trinajstić information content (AvgIpc) is 2.81. The van der Waals surface area contributed by atoms with Crippen LogP contribution in [0.25, 0.3) is 0 Å². The first-order valence-electron chi connectivity index (χ1n) is 5.80. The van der Waals surface area contributed by atoms with Crippen LogP contribution in [-0.2, 0) is 6.42 Å². The van der Waals surface area contributed by atoms with Crippen molar-refractivity contribution in [2.24, 2.45) is 0 Å². The topological polar surface area (TPSA) is 3.24 Å². The van der Waals surface area contributed by atoms with Gasteiger partial charge in [-0.2, -0.15) is 0 Å². The Labute approximate surface area is 105 Å². The molecular weight excluding hydrogens is 218 g/mol. The van der Waals surface area contributed by atoms with Crippen molar-refractivity contribution in [1.82, 2.24) is 4.90 Å². The van der Waals surface area contributed by atoms with Gasteiger partial charge in [-0.3, -0.25) is 4.90 Å². The summed E-state index contributed by atoms with van der Waals surface area (Å²) in [4.78, 5) is 2.54. The maximum atomic E-state index is 3.96. The minimum Gasteiger partial charge on any atom is -0.297 e. The van der Waals surface area contributed by atoms with E-state index in [2.05, 4.69) is 47.9 Å². The highest BCUT2D eigenvalue weighted by Crippen LogP contribution is 2.16. The van der Waals surface area contributed by atoms with Crippen molar-refractivity contribution >= 4 is 12.4 Å². The van der Waals surface area contributed by atoms with Crippen LogP contribution < -0.4 is 0 Å². The highest BCUT2D eigenvalue weighted by Gasteiger charge is 2.19. The molecule has 1 atom stereocenters. The Morgan fingerprint density at radius 1 is 1.19 bits per heavy atom. The summed E-state index contributed by atoms with van der Waals surface area (Å²) in [5.74, 6) is 0. The van der Waals surface area contributed by atoms with Crippen LogP contribution in [0.1, 0.15) is 18.4 Å². The predicted molar refractivity (Wildman–Crippen MR) is 72.2 cm³/mol. The zero-order valence-electron chi connectivity index (χ0n) is 9.64. The molecule has 1 aromatic carbocycles. The van der Waals surface area contributed by atoms with Gasteiger partial charge in [0.05, 0.1) is 0 Å². The number of halogens is 1. The second-order valence-electron chi connectivity index (χ2n) is 4.24. The maximum Gasteiger partial charge on any atom is 0.0316 e. The van der Waals surface area contributed by atoms with E-state index in [1.807, 2.05) is 0 Å². The second-order valence-corrected chi connectivity index (χ2v) is 4.24. The molecule has 1 aromatic rings. The lowest BCUT2D eigenvalue weighted by atomic mass is 10.1. The van der Waals surface area contributed by atoms with Crippen molar-refractivity contribution in [2.45, 2.75) is 25.3 Å². The fourth-order valence-corrected chi connectivity index (χ4v) is 2.29. The van der Waals surface area contributed by atoms with E-state index >= 15 is 0 Å². The van der Waals surface area contributed by atoms with Gasteiger partial charge in [0.25, 0.3) is 0 Å². The Bertz CT molecular complexity index is 304. The van der Waals surface area contributed by atoms with Crippen LogP contribution in [0.15, 0.2) is 43.0 Å². The van der Waals surface area contributed by atoms with Crippen LogP contribution in [0.3, 0.4) is 0 Å². The highest BCUT2D eigenvalue weighted by molar-refractivity contribution is 5.85. The molecule has 0 saturated carbocycles. The Morgan fingerprint density at radius 2 is 1.81 bits per heavy atom. The fourth-order valence-electron chi connectivity index (χ4n) is 2.29. The van der Waals surface area contributed by atoms with Gasteiger partial charge in [-0.05, 0) is 37.9 Å². The van der Waals surface area contributed by atoms with Crippen LogP contribution in [0, 0.1) is 0 Å². The summed E-state index contributed by atoms with van der Waals surface area (Å²) in [7, 11) is 0. The third-order valence-electron chi connectivity index (χ3n) is 3.17. The summed E-state index contributed by atoms with van der Waals surface area (Å²) >= 11 is 0. The van der Waals surface area contributed by atoms with Crippen LogP contribution in [-0.4, -0.2) is 24.0 Å². The summed E-state index contributed by atoms with van der Waals surface area (Å²) in [6.45, 7) is 6.44. The molecule has 1 fully saturated rings. The molecule has 2 heteroatoms. The lowest BCUT2D eigenvalue weighted by molar-refractivity contribution is 0.283. The molecule has 1 aliphatic heterocycles. The van der Waals surface area contributed by atoms with E-state index in [0.29, 0.717) is 6.04 Å². The standard InChI is InChI=1S/C14H19N.ClH/c1-2-14(15-10-6-7-11-15)12-13-8-4-3-5-9-13;/h2-5,8-9,14H,1,6-7,10-12H2;1H. The molecule has 0 aromatic heterocycles. The lowest BCUT2D eigenvalue weighted by Crippen LogP contribution is -2.32. The minimum atomic E-state index is 0. The van der Waals surface area contributed by atoms with Crippen molar-refractivity contribution in [3.63, 3.8) is 0 Å². The van der Waals surface area contributed by atoms with Gasteiger partial charge in [-0.1, -0.05) is 36.4 Å². The van der Waals surface area contributed by atoms with E-state index in [1.54, 1.807) is 0 Å². The van der Waals surface area contributed by atoms with E-state index in [0.717, 1.165) is 6.42 Å². The molecule has 1 nitrogen and oxygen atoms in total. The predicted octanol–water partition coefficient (Wildman–Crippen LogP) is 3.30. The smallest absolute Gasteiger partial charge is 0.0316 e. The quantitative estimate of drug-likeness (QED) is 0.727. The Hall–Kier alpha value is -0.790. The highest BCUT2D eigenvalue weighted by atomic mass is 35.5. The van der Waals surface area contributed by atoms with E-state index in [9.17, 15) is 0 Å². The van der Waals surface area contributed by atoms with E-state index in [1.165, 1.54) is 31.5 Å². The van der Waals surface area contributed by atoms with Gasteiger partial charge in [0.15, 0.2) is 0 Å². The van der Waals surface area contributed by atoms with E-state index in [-0.39, 0.29) is 12.4 Å². The summed E-state index contributed by atoms with van der Waals surface area (Å²) < 4.78 is 0. The molecule has 1 saturated heterocycles. The molecule has 1 heterocycles. The SMILES string of the molecule is C=CC(Cc1ccccc1)N1CCCC1.Cl. The molecule has 0 radical (unpaired) electrons. The number of benzene rings is 1. The third kappa shape index (κ3) is 3.36.